The number of allylic oxidation sites excluding steroid dienone is 2. The molecule has 0 spiro atoms. The van der Waals surface area contributed by atoms with Crippen LogP contribution in [0.25, 0.3) is 0 Å². The van der Waals surface area contributed by atoms with Gasteiger partial charge in [0, 0.05) is 0 Å². The molecular weight excluding hydrogens is 929 g/mol. The molecule has 9 N–H and O–H groups in total. The Morgan fingerprint density at radius 1 is 0.704 bits per heavy atom. The van der Waals surface area contributed by atoms with E-state index in [1.54, 1.807) is 0 Å². The minimum Gasteiger partial charge on any atom is -0.481 e. The largest absolute Gasteiger partial charge is 0.481 e. The van der Waals surface area contributed by atoms with Crippen LogP contribution in [0.15, 0.2) is 11.6 Å². The first kappa shape index (κ1) is 55.9. The van der Waals surface area contributed by atoms with Gasteiger partial charge in [0.2, 0.25) is 6.29 Å². The molecule has 7 aliphatic rings. The Bertz CT molecular complexity index is 2060. The lowest BCUT2D eigenvalue weighted by molar-refractivity contribution is -0.359. The van der Waals surface area contributed by atoms with Crippen LogP contribution in [0.3, 0.4) is 0 Å². The molecule has 0 bridgehead atoms. The summed E-state index contributed by atoms with van der Waals surface area (Å²) < 4.78 is 35.8. The fraction of sp³-hybridized carbons (Fsp3) is 0.885. The fourth-order valence-corrected chi connectivity index (χ4v) is 14.7. The number of carbonyl (C=O) groups excluding carboxylic acids is 3. The third-order valence-corrected chi connectivity index (χ3v) is 19.9. The molecule has 6 fully saturated rings. The zero-order valence-electron chi connectivity index (χ0n) is 43.4. The van der Waals surface area contributed by atoms with Crippen molar-refractivity contribution in [2.75, 3.05) is 0 Å². The molecule has 0 radical (unpaired) electrons. The predicted molar refractivity (Wildman–Crippen MR) is 249 cm³/mol. The summed E-state index contributed by atoms with van der Waals surface area (Å²) in [6, 6.07) is 0. The Morgan fingerprint density at radius 3 is 1.96 bits per heavy atom. The maximum Gasteiger partial charge on any atom is 0.317 e. The van der Waals surface area contributed by atoms with Crippen LogP contribution in [0.2, 0.25) is 0 Å². The lowest BCUT2D eigenvalue weighted by atomic mass is 9.33. The van der Waals surface area contributed by atoms with Gasteiger partial charge < -0.3 is 74.4 Å². The highest BCUT2D eigenvalue weighted by atomic mass is 16.8. The van der Waals surface area contributed by atoms with E-state index >= 15 is 4.79 Å². The van der Waals surface area contributed by atoms with E-state index in [-0.39, 0.29) is 30.6 Å². The van der Waals surface area contributed by atoms with Gasteiger partial charge in [-0.3, -0.25) is 19.2 Å². The minimum absolute atomic E-state index is 0.132. The second-order valence-corrected chi connectivity index (χ2v) is 24.5. The SMILES string of the molecule is CC(O)C(C)C(=O)OC(C)C(C)C(=O)OC1C(C)OC(OC(=O)C23CCC(C)(C)CC2C2=CCC4C5(C)CC(O)C(O)C(C)(C(=O)O)C5CCC4(C)C2(C)CC3O)C(OC2OC(C)C(O)C(O)C2O)C1O. The van der Waals surface area contributed by atoms with E-state index in [0.29, 0.717) is 32.1 Å². The molecule has 2 heterocycles. The number of rotatable bonds is 11. The number of aliphatic carboxylic acids is 1. The van der Waals surface area contributed by atoms with E-state index in [1.807, 2.05) is 6.92 Å². The number of carboxylic acids is 1. The number of aliphatic hydroxyl groups excluding tert-OH is 8. The number of esters is 3. The van der Waals surface area contributed by atoms with Gasteiger partial charge in [0.25, 0.3) is 0 Å². The molecule has 2 aliphatic heterocycles. The van der Waals surface area contributed by atoms with Crippen molar-refractivity contribution in [2.24, 2.45) is 62.1 Å². The average molecular weight is 1010 g/mol. The van der Waals surface area contributed by atoms with Crippen molar-refractivity contribution < 1.29 is 93.6 Å². The molecule has 404 valence electrons. The van der Waals surface area contributed by atoms with E-state index in [0.717, 1.165) is 5.57 Å². The van der Waals surface area contributed by atoms with E-state index in [1.165, 1.54) is 48.5 Å². The second kappa shape index (κ2) is 19.4. The molecule has 0 amide bonds. The van der Waals surface area contributed by atoms with Crippen molar-refractivity contribution >= 4 is 23.9 Å². The van der Waals surface area contributed by atoms with Gasteiger partial charge in [-0.15, -0.1) is 0 Å². The number of aliphatic hydroxyl groups is 8. The molecule has 7 rings (SSSR count). The van der Waals surface area contributed by atoms with Crippen LogP contribution in [-0.2, 0) is 47.6 Å². The van der Waals surface area contributed by atoms with Crippen LogP contribution in [0, 0.1) is 62.1 Å². The molecule has 19 nitrogen and oxygen atoms in total. The van der Waals surface area contributed by atoms with E-state index in [4.69, 9.17) is 28.4 Å². The number of hydrogen-bond donors (Lipinski definition) is 9. The van der Waals surface area contributed by atoms with Crippen LogP contribution in [0.4, 0.5) is 0 Å². The van der Waals surface area contributed by atoms with Crippen molar-refractivity contribution in [2.45, 2.75) is 226 Å². The van der Waals surface area contributed by atoms with Crippen LogP contribution >= 0.6 is 0 Å². The quantitative estimate of drug-likeness (QED) is 0.0816. The molecule has 0 aromatic rings. The van der Waals surface area contributed by atoms with Crippen molar-refractivity contribution in [3.63, 3.8) is 0 Å². The second-order valence-electron chi connectivity index (χ2n) is 24.5. The molecule has 0 aromatic carbocycles. The molecule has 19 heteroatoms. The minimum atomic E-state index is -1.87. The van der Waals surface area contributed by atoms with Crippen LogP contribution in [0.1, 0.15) is 134 Å². The summed E-state index contributed by atoms with van der Waals surface area (Å²) >= 11 is 0. The van der Waals surface area contributed by atoms with Crippen molar-refractivity contribution in [3.05, 3.63) is 11.6 Å². The average Bonchev–Trinajstić information content (AvgIpc) is 3.28. The third kappa shape index (κ3) is 8.89. The smallest absolute Gasteiger partial charge is 0.317 e. The molecule has 2 saturated heterocycles. The van der Waals surface area contributed by atoms with Gasteiger partial charge in [0.15, 0.2) is 18.5 Å². The van der Waals surface area contributed by atoms with Crippen LogP contribution in [0.5, 0.6) is 0 Å². The first-order valence-corrected chi connectivity index (χ1v) is 25.7. The lowest BCUT2D eigenvalue weighted by Gasteiger charge is -2.71. The number of carbonyl (C=O) groups is 4. The highest BCUT2D eigenvalue weighted by molar-refractivity contribution is 5.80. The molecule has 25 unspecified atom stereocenters. The van der Waals surface area contributed by atoms with Gasteiger partial charge in [-0.25, -0.2) is 0 Å². The zero-order chi connectivity index (χ0) is 53.0. The summed E-state index contributed by atoms with van der Waals surface area (Å²) in [6.45, 7) is 20.8. The number of fused-ring (bicyclic) bond motifs is 7. The summed E-state index contributed by atoms with van der Waals surface area (Å²) in [6.07, 6.45) is -16.9. The summed E-state index contributed by atoms with van der Waals surface area (Å²) in [4.78, 5) is 54.7. The molecular formula is C52H82O19. The molecule has 0 aromatic heterocycles. The Kier molecular flexibility index (Phi) is 15.3. The van der Waals surface area contributed by atoms with Gasteiger partial charge in [0.1, 0.15) is 35.9 Å². The maximum absolute atomic E-state index is 15.5. The van der Waals surface area contributed by atoms with Gasteiger partial charge in [-0.1, -0.05) is 46.3 Å². The molecule has 71 heavy (non-hydrogen) atoms. The highest BCUT2D eigenvalue weighted by Crippen LogP contribution is 2.76. The normalized spacial score (nSPS) is 48.9. The third-order valence-electron chi connectivity index (χ3n) is 19.9. The summed E-state index contributed by atoms with van der Waals surface area (Å²) in [5.41, 5.74) is -4.45. The topological polar surface area (TPSA) is 306 Å². The van der Waals surface area contributed by atoms with Crippen molar-refractivity contribution in [1.82, 2.24) is 0 Å². The Hall–Kier alpha value is -2.82. The van der Waals surface area contributed by atoms with E-state index < -0.39 is 167 Å². The Balaban J connectivity index is 1.21. The number of carboxylic acid groups (broad SMARTS) is 1. The number of hydrogen-bond acceptors (Lipinski definition) is 18. The Morgan fingerprint density at radius 2 is 1.34 bits per heavy atom. The monoisotopic (exact) mass is 1010 g/mol. The summed E-state index contributed by atoms with van der Waals surface area (Å²) in [5, 5.41) is 100. The standard InChI is InChI=1S/C52H82O19/c1-22(24(3)53)41(61)66-25(4)23(2)42(62)69-38-27(6)68-44(39(37(38)59)70-43-36(58)35(57)34(56)26(5)67-43)71-46(65)52-18-17-47(7,8)19-29(52)28-13-14-31-48(9)20-30(54)40(60)51(12,45(63)64)32(48)15-16-49(31,10)50(28,11)21-33(52)55/h13,22-27,29-40,43-44,53-60H,14-21H2,1-12H3,(H,63,64). The zero-order valence-corrected chi connectivity index (χ0v) is 43.4. The van der Waals surface area contributed by atoms with E-state index in [2.05, 4.69) is 33.8 Å². The first-order valence-electron chi connectivity index (χ1n) is 25.7. The van der Waals surface area contributed by atoms with Gasteiger partial charge in [0.05, 0.1) is 53.9 Å². The lowest BCUT2D eigenvalue weighted by Crippen LogP contribution is -2.70. The van der Waals surface area contributed by atoms with E-state index in [9.17, 15) is 60.3 Å². The molecule has 5 aliphatic carbocycles. The van der Waals surface area contributed by atoms with Gasteiger partial charge >= 0.3 is 23.9 Å². The van der Waals surface area contributed by atoms with Crippen molar-refractivity contribution in [1.29, 1.82) is 0 Å². The molecule has 4 saturated carbocycles. The first-order chi connectivity index (χ1) is 32.7. The van der Waals surface area contributed by atoms with Crippen LogP contribution < -0.4 is 0 Å². The van der Waals surface area contributed by atoms with Crippen LogP contribution in [-0.4, -0.2) is 162 Å². The predicted octanol–water partition coefficient (Wildman–Crippen LogP) is 2.51. The maximum atomic E-state index is 15.5. The fourth-order valence-electron chi connectivity index (χ4n) is 14.7. The molecule has 25 atom stereocenters. The number of ether oxygens (including phenoxy) is 6. The highest BCUT2D eigenvalue weighted by Gasteiger charge is 2.74. The summed E-state index contributed by atoms with van der Waals surface area (Å²) in [7, 11) is 0. The van der Waals surface area contributed by atoms with Gasteiger partial charge in [-0.05, 0) is 139 Å². The van der Waals surface area contributed by atoms with Gasteiger partial charge in [-0.2, -0.15) is 0 Å². The Labute approximate surface area is 416 Å². The summed E-state index contributed by atoms with van der Waals surface area (Å²) in [5.74, 6) is -6.80. The van der Waals surface area contributed by atoms with Crippen molar-refractivity contribution in [3.8, 4) is 0 Å².